The molecule has 0 spiro atoms. The van der Waals surface area contributed by atoms with E-state index in [1.165, 1.54) is 0 Å². The monoisotopic (exact) mass is 406 g/mol. The number of nitrogens with one attached hydrogen (secondary N) is 1. The van der Waals surface area contributed by atoms with Crippen LogP contribution >= 0.6 is 0 Å². The average molecular weight is 407 g/mol. The molecule has 0 aromatic heterocycles. The van der Waals surface area contributed by atoms with E-state index >= 15 is 0 Å². The number of hydrogen-bond acceptors (Lipinski definition) is 5. The van der Waals surface area contributed by atoms with Gasteiger partial charge in [-0.25, -0.2) is 4.79 Å². The fraction of sp³-hybridized carbons (Fsp3) is 0.652. The summed E-state index contributed by atoms with van der Waals surface area (Å²) < 4.78 is 11.0. The Kier molecular flexibility index (Phi) is 8.99. The minimum atomic E-state index is -0.532. The molecular formula is C23H38N2O4. The fourth-order valence-corrected chi connectivity index (χ4v) is 2.83. The average Bonchev–Trinajstić information content (AvgIpc) is 2.57. The van der Waals surface area contributed by atoms with Crippen LogP contribution in [0.4, 0.5) is 10.5 Å². The number of ether oxygens (including phenoxy) is 2. The Hall–Kier alpha value is -2.24. The molecule has 0 bridgehead atoms. The summed E-state index contributed by atoms with van der Waals surface area (Å²) in [6, 6.07) is 8.03. The smallest absolute Gasteiger partial charge is 0.410 e. The molecule has 164 valence electrons. The van der Waals surface area contributed by atoms with E-state index in [4.69, 9.17) is 9.47 Å². The summed E-state index contributed by atoms with van der Waals surface area (Å²) >= 11 is 0. The Bertz CT molecular complexity index is 674. The van der Waals surface area contributed by atoms with E-state index in [9.17, 15) is 9.59 Å². The third-order valence-corrected chi connectivity index (χ3v) is 4.19. The van der Waals surface area contributed by atoms with Gasteiger partial charge in [0.05, 0.1) is 5.92 Å². The van der Waals surface area contributed by atoms with Crippen LogP contribution < -0.4 is 5.32 Å². The van der Waals surface area contributed by atoms with Crippen molar-refractivity contribution in [2.45, 2.75) is 72.0 Å². The van der Waals surface area contributed by atoms with E-state index < -0.39 is 11.2 Å². The lowest BCUT2D eigenvalue weighted by Crippen LogP contribution is -2.35. The molecule has 1 aromatic carbocycles. The second kappa shape index (κ2) is 10.5. The molecule has 0 saturated carbocycles. The SMILES string of the molecule is CNc1cccc(CC(CCCN(C)C(=O)OC(C)(C)C)C(=O)OC(C)(C)C)c1. The summed E-state index contributed by atoms with van der Waals surface area (Å²) in [4.78, 5) is 26.4. The van der Waals surface area contributed by atoms with Crippen molar-refractivity contribution in [2.75, 3.05) is 26.0 Å². The number of benzene rings is 1. The highest BCUT2D eigenvalue weighted by atomic mass is 16.6. The zero-order valence-electron chi connectivity index (χ0n) is 19.3. The van der Waals surface area contributed by atoms with Gasteiger partial charge in [-0.3, -0.25) is 4.79 Å². The van der Waals surface area contributed by atoms with E-state index in [1.807, 2.05) is 72.9 Å². The highest BCUT2D eigenvalue weighted by Gasteiger charge is 2.26. The van der Waals surface area contributed by atoms with Crippen LogP contribution in [0.25, 0.3) is 0 Å². The summed E-state index contributed by atoms with van der Waals surface area (Å²) in [6.07, 6.45) is 1.56. The number of carbonyl (C=O) groups excluding carboxylic acids is 2. The molecule has 29 heavy (non-hydrogen) atoms. The summed E-state index contributed by atoms with van der Waals surface area (Å²) in [5.74, 6) is -0.472. The number of rotatable bonds is 8. The predicted molar refractivity (Wildman–Crippen MR) is 117 cm³/mol. The molecule has 1 atom stereocenters. The quantitative estimate of drug-likeness (QED) is 0.624. The molecular weight excluding hydrogens is 368 g/mol. The maximum absolute atomic E-state index is 12.8. The summed E-state index contributed by atoms with van der Waals surface area (Å²) in [6.45, 7) is 11.7. The van der Waals surface area contributed by atoms with E-state index in [0.29, 0.717) is 25.8 Å². The number of nitrogens with zero attached hydrogens (tertiary/aromatic N) is 1. The molecule has 1 amide bonds. The van der Waals surface area contributed by atoms with Gasteiger partial charge in [0.25, 0.3) is 0 Å². The molecule has 1 aromatic rings. The van der Waals surface area contributed by atoms with E-state index in [1.54, 1.807) is 11.9 Å². The standard InChI is InChI=1S/C23H38N2O4/c1-22(2,3)28-20(26)18(15-17-11-9-13-19(16-17)24-7)12-10-14-25(8)21(27)29-23(4,5)6/h9,11,13,16,18,24H,10,12,14-15H2,1-8H3. The lowest BCUT2D eigenvalue weighted by molar-refractivity contribution is -0.160. The lowest BCUT2D eigenvalue weighted by Gasteiger charge is -2.26. The Labute approximate surface area is 175 Å². The van der Waals surface area contributed by atoms with Gasteiger partial charge in [0.2, 0.25) is 0 Å². The molecule has 0 saturated heterocycles. The maximum atomic E-state index is 12.8. The molecule has 0 aliphatic heterocycles. The van der Waals surface area contributed by atoms with E-state index in [-0.39, 0.29) is 18.0 Å². The fourth-order valence-electron chi connectivity index (χ4n) is 2.83. The van der Waals surface area contributed by atoms with Gasteiger partial charge in [-0.05, 0) is 78.5 Å². The van der Waals surface area contributed by atoms with Crippen LogP contribution in [-0.2, 0) is 20.7 Å². The van der Waals surface area contributed by atoms with Crippen LogP contribution in [0.15, 0.2) is 24.3 Å². The van der Waals surface area contributed by atoms with Crippen molar-refractivity contribution in [1.29, 1.82) is 0 Å². The number of esters is 1. The van der Waals surface area contributed by atoms with Gasteiger partial charge >= 0.3 is 12.1 Å². The third kappa shape index (κ3) is 10.2. The molecule has 0 radical (unpaired) electrons. The maximum Gasteiger partial charge on any atom is 0.410 e. The minimum Gasteiger partial charge on any atom is -0.460 e. The third-order valence-electron chi connectivity index (χ3n) is 4.19. The first-order valence-electron chi connectivity index (χ1n) is 10.2. The predicted octanol–water partition coefficient (Wildman–Crippen LogP) is 4.88. The number of carbonyl (C=O) groups is 2. The number of anilines is 1. The Balaban J connectivity index is 2.76. The van der Waals surface area contributed by atoms with Crippen LogP contribution in [0.1, 0.15) is 59.9 Å². The second-order valence-electron chi connectivity index (χ2n) is 9.43. The molecule has 0 fully saturated rings. The van der Waals surface area contributed by atoms with Crippen LogP contribution in [0.3, 0.4) is 0 Å². The van der Waals surface area contributed by atoms with Gasteiger partial charge in [0.1, 0.15) is 11.2 Å². The van der Waals surface area contributed by atoms with Gasteiger partial charge in [-0.15, -0.1) is 0 Å². The van der Waals surface area contributed by atoms with Crippen LogP contribution in [0, 0.1) is 5.92 Å². The topological polar surface area (TPSA) is 67.9 Å². The van der Waals surface area contributed by atoms with Crippen molar-refractivity contribution in [3.63, 3.8) is 0 Å². The van der Waals surface area contributed by atoms with Crippen molar-refractivity contribution in [3.05, 3.63) is 29.8 Å². The van der Waals surface area contributed by atoms with Gasteiger partial charge in [0, 0.05) is 26.3 Å². The molecule has 1 rings (SSSR count). The van der Waals surface area contributed by atoms with Crippen LogP contribution in [0.2, 0.25) is 0 Å². The van der Waals surface area contributed by atoms with Gasteiger partial charge in [-0.2, -0.15) is 0 Å². The molecule has 1 unspecified atom stereocenters. The lowest BCUT2D eigenvalue weighted by atomic mass is 9.94. The molecule has 0 heterocycles. The summed E-state index contributed by atoms with van der Waals surface area (Å²) in [5.41, 5.74) is 1.03. The van der Waals surface area contributed by atoms with Gasteiger partial charge in [-0.1, -0.05) is 12.1 Å². The first-order chi connectivity index (χ1) is 13.3. The Morgan fingerprint density at radius 2 is 1.69 bits per heavy atom. The normalized spacial score (nSPS) is 12.8. The molecule has 6 heteroatoms. The second-order valence-corrected chi connectivity index (χ2v) is 9.43. The highest BCUT2D eigenvalue weighted by molar-refractivity contribution is 5.73. The zero-order chi connectivity index (χ0) is 22.2. The Morgan fingerprint density at radius 1 is 1.07 bits per heavy atom. The molecule has 0 aliphatic rings. The summed E-state index contributed by atoms with van der Waals surface area (Å²) in [7, 11) is 3.59. The van der Waals surface area contributed by atoms with Gasteiger partial charge in [0.15, 0.2) is 0 Å². The molecule has 6 nitrogen and oxygen atoms in total. The van der Waals surface area contributed by atoms with Crippen molar-refractivity contribution in [2.24, 2.45) is 5.92 Å². The minimum absolute atomic E-state index is 0.202. The van der Waals surface area contributed by atoms with Crippen LogP contribution in [-0.4, -0.2) is 48.8 Å². The van der Waals surface area contributed by atoms with Crippen molar-refractivity contribution in [1.82, 2.24) is 4.90 Å². The number of amides is 1. The van der Waals surface area contributed by atoms with Crippen molar-refractivity contribution in [3.8, 4) is 0 Å². The highest BCUT2D eigenvalue weighted by Crippen LogP contribution is 2.22. The first kappa shape index (κ1) is 24.8. The van der Waals surface area contributed by atoms with E-state index in [0.717, 1.165) is 11.3 Å². The summed E-state index contributed by atoms with van der Waals surface area (Å²) in [5, 5.41) is 3.12. The molecule has 0 aliphatic carbocycles. The largest absolute Gasteiger partial charge is 0.460 e. The zero-order valence-corrected chi connectivity index (χ0v) is 19.3. The van der Waals surface area contributed by atoms with Crippen molar-refractivity contribution < 1.29 is 19.1 Å². The van der Waals surface area contributed by atoms with Gasteiger partial charge < -0.3 is 19.7 Å². The Morgan fingerprint density at radius 3 is 2.24 bits per heavy atom. The first-order valence-corrected chi connectivity index (χ1v) is 10.2. The van der Waals surface area contributed by atoms with E-state index in [2.05, 4.69) is 5.32 Å². The van der Waals surface area contributed by atoms with Crippen molar-refractivity contribution >= 4 is 17.7 Å². The van der Waals surface area contributed by atoms with Crippen LogP contribution in [0.5, 0.6) is 0 Å². The molecule has 1 N–H and O–H groups in total. The number of hydrogen-bond donors (Lipinski definition) is 1.